The number of nitrogens with zero attached hydrogens (tertiary/aromatic N) is 3. The molecule has 0 saturated carbocycles. The van der Waals surface area contributed by atoms with E-state index in [-0.39, 0.29) is 13.2 Å². The Morgan fingerprint density at radius 1 is 1.38 bits per heavy atom. The molecule has 0 aliphatic carbocycles. The molecular formula is C15H13ClN4O4. The SMILES string of the molecule is CCOC(=O)Cn1c(=O)c(=O)[nH]c2cc(Cl)c(-n3ccnc3)cc21. The first-order valence-corrected chi connectivity index (χ1v) is 7.49. The number of aromatic amines is 1. The number of rotatable bonds is 4. The van der Waals surface area contributed by atoms with Crippen molar-refractivity contribution in [2.24, 2.45) is 0 Å². The van der Waals surface area contributed by atoms with Gasteiger partial charge in [0.2, 0.25) is 0 Å². The Morgan fingerprint density at radius 2 is 2.17 bits per heavy atom. The Labute approximate surface area is 140 Å². The molecule has 3 rings (SSSR count). The van der Waals surface area contributed by atoms with Crippen LogP contribution in [0.1, 0.15) is 6.92 Å². The molecule has 1 aromatic carbocycles. The summed E-state index contributed by atoms with van der Waals surface area (Å²) < 4.78 is 7.59. The van der Waals surface area contributed by atoms with E-state index in [4.69, 9.17) is 16.3 Å². The highest BCUT2D eigenvalue weighted by Gasteiger charge is 2.15. The number of aromatic nitrogens is 4. The van der Waals surface area contributed by atoms with Gasteiger partial charge in [0.15, 0.2) is 0 Å². The molecule has 0 atom stereocenters. The van der Waals surface area contributed by atoms with Gasteiger partial charge in [0.05, 0.1) is 34.7 Å². The standard InChI is InChI=1S/C15H13ClN4O4/c1-2-24-13(21)7-20-12-6-11(19-4-3-17-8-19)9(16)5-10(12)18-14(22)15(20)23/h3-6,8H,2,7H2,1H3,(H,18,22). The second-order valence-corrected chi connectivity index (χ2v) is 5.35. The maximum atomic E-state index is 12.2. The van der Waals surface area contributed by atoms with Crippen LogP contribution < -0.4 is 11.1 Å². The third kappa shape index (κ3) is 2.83. The second kappa shape index (κ2) is 6.32. The number of hydrogen-bond acceptors (Lipinski definition) is 5. The van der Waals surface area contributed by atoms with Gasteiger partial charge < -0.3 is 14.3 Å². The molecule has 9 heteroatoms. The fourth-order valence-electron chi connectivity index (χ4n) is 2.37. The Balaban J connectivity index is 2.26. The summed E-state index contributed by atoms with van der Waals surface area (Å²) >= 11 is 6.24. The number of imidazole rings is 1. The molecule has 0 radical (unpaired) electrons. The zero-order valence-electron chi connectivity index (χ0n) is 12.7. The lowest BCUT2D eigenvalue weighted by Gasteiger charge is -2.12. The van der Waals surface area contributed by atoms with E-state index in [1.165, 1.54) is 6.07 Å². The van der Waals surface area contributed by atoms with Gasteiger partial charge in [0.25, 0.3) is 0 Å². The van der Waals surface area contributed by atoms with Gasteiger partial charge >= 0.3 is 17.1 Å². The number of esters is 1. The molecule has 0 fully saturated rings. The Kier molecular flexibility index (Phi) is 4.22. The van der Waals surface area contributed by atoms with Gasteiger partial charge in [0.1, 0.15) is 6.54 Å². The first kappa shape index (κ1) is 16.0. The molecular weight excluding hydrogens is 336 g/mol. The van der Waals surface area contributed by atoms with Gasteiger partial charge in [-0.05, 0) is 19.1 Å². The number of halogens is 1. The molecule has 0 bridgehead atoms. The number of H-pyrrole nitrogens is 1. The highest BCUT2D eigenvalue weighted by atomic mass is 35.5. The molecule has 2 aromatic heterocycles. The van der Waals surface area contributed by atoms with E-state index in [9.17, 15) is 14.4 Å². The smallest absolute Gasteiger partial charge is 0.326 e. The zero-order valence-corrected chi connectivity index (χ0v) is 13.4. The molecule has 0 amide bonds. The van der Waals surface area contributed by atoms with Crippen molar-refractivity contribution in [2.45, 2.75) is 13.5 Å². The second-order valence-electron chi connectivity index (χ2n) is 4.94. The normalized spacial score (nSPS) is 10.9. The Bertz CT molecular complexity index is 1020. The van der Waals surface area contributed by atoms with Gasteiger partial charge in [-0.1, -0.05) is 11.6 Å². The van der Waals surface area contributed by atoms with Gasteiger partial charge in [-0.25, -0.2) is 4.98 Å². The van der Waals surface area contributed by atoms with Crippen molar-refractivity contribution in [1.82, 2.24) is 19.1 Å². The van der Waals surface area contributed by atoms with Crippen LogP contribution in [0.5, 0.6) is 0 Å². The summed E-state index contributed by atoms with van der Waals surface area (Å²) in [7, 11) is 0. The van der Waals surface area contributed by atoms with E-state index >= 15 is 0 Å². The molecule has 8 nitrogen and oxygen atoms in total. The van der Waals surface area contributed by atoms with Crippen LogP contribution in [0.15, 0.2) is 40.4 Å². The lowest BCUT2D eigenvalue weighted by atomic mass is 10.2. The van der Waals surface area contributed by atoms with Gasteiger partial charge in [-0.2, -0.15) is 0 Å². The summed E-state index contributed by atoms with van der Waals surface area (Å²) in [5.74, 6) is -0.606. The van der Waals surface area contributed by atoms with Crippen LogP contribution in [0, 0.1) is 0 Å². The molecule has 24 heavy (non-hydrogen) atoms. The van der Waals surface area contributed by atoms with Crippen LogP contribution in [0.25, 0.3) is 16.7 Å². The molecule has 2 heterocycles. The summed E-state index contributed by atoms with van der Waals surface area (Å²) in [6.45, 7) is 1.48. The van der Waals surface area contributed by atoms with Gasteiger partial charge in [-0.3, -0.25) is 19.0 Å². The minimum Gasteiger partial charge on any atom is -0.465 e. The average Bonchev–Trinajstić information content (AvgIpc) is 3.06. The molecule has 0 aliphatic rings. The molecule has 0 saturated heterocycles. The predicted molar refractivity (Wildman–Crippen MR) is 87.6 cm³/mol. The van der Waals surface area contributed by atoms with Crippen LogP contribution in [-0.4, -0.2) is 31.7 Å². The Morgan fingerprint density at radius 3 is 2.83 bits per heavy atom. The highest BCUT2D eigenvalue weighted by Crippen LogP contribution is 2.25. The molecule has 3 aromatic rings. The maximum absolute atomic E-state index is 12.2. The van der Waals surface area contributed by atoms with Crippen LogP contribution in [0.3, 0.4) is 0 Å². The summed E-state index contributed by atoms with van der Waals surface area (Å²) in [5.41, 5.74) is -0.406. The number of carbonyl (C=O) groups excluding carboxylic acids is 1. The van der Waals surface area contributed by atoms with Crippen LogP contribution in [0.4, 0.5) is 0 Å². The number of carbonyl (C=O) groups is 1. The van der Waals surface area contributed by atoms with Crippen molar-refractivity contribution in [3.8, 4) is 5.69 Å². The minimum absolute atomic E-state index is 0.181. The maximum Gasteiger partial charge on any atom is 0.326 e. The lowest BCUT2D eigenvalue weighted by Crippen LogP contribution is -2.38. The van der Waals surface area contributed by atoms with Crippen LogP contribution in [0.2, 0.25) is 5.02 Å². The van der Waals surface area contributed by atoms with Gasteiger partial charge in [0, 0.05) is 12.4 Å². The number of benzene rings is 1. The predicted octanol–water partition coefficient (Wildman–Crippen LogP) is 1.09. The number of hydrogen-bond donors (Lipinski definition) is 1. The Hall–Kier alpha value is -2.87. The monoisotopic (exact) mass is 348 g/mol. The topological polar surface area (TPSA) is 99.0 Å². The highest BCUT2D eigenvalue weighted by molar-refractivity contribution is 6.33. The summed E-state index contributed by atoms with van der Waals surface area (Å²) in [6.07, 6.45) is 4.82. The molecule has 1 N–H and O–H groups in total. The average molecular weight is 349 g/mol. The van der Waals surface area contributed by atoms with E-state index < -0.39 is 17.1 Å². The largest absolute Gasteiger partial charge is 0.465 e. The van der Waals surface area contributed by atoms with Crippen molar-refractivity contribution >= 4 is 28.6 Å². The fourth-order valence-corrected chi connectivity index (χ4v) is 2.64. The lowest BCUT2D eigenvalue weighted by molar-refractivity contribution is -0.143. The number of nitrogens with one attached hydrogen (secondary N) is 1. The third-order valence-electron chi connectivity index (χ3n) is 3.42. The molecule has 0 spiro atoms. The van der Waals surface area contributed by atoms with Crippen molar-refractivity contribution in [1.29, 1.82) is 0 Å². The first-order valence-electron chi connectivity index (χ1n) is 7.11. The summed E-state index contributed by atoms with van der Waals surface area (Å²) in [5, 5.41) is 0.359. The molecule has 124 valence electrons. The van der Waals surface area contributed by atoms with Crippen LogP contribution >= 0.6 is 11.6 Å². The van der Waals surface area contributed by atoms with Crippen LogP contribution in [-0.2, 0) is 16.1 Å². The summed E-state index contributed by atoms with van der Waals surface area (Å²) in [6, 6.07) is 3.13. The number of ether oxygens (including phenoxy) is 1. The third-order valence-corrected chi connectivity index (χ3v) is 3.72. The molecule has 0 aliphatic heterocycles. The molecule has 0 unspecified atom stereocenters. The van der Waals surface area contributed by atoms with E-state index in [1.807, 2.05) is 0 Å². The van der Waals surface area contributed by atoms with E-state index in [0.717, 1.165) is 4.57 Å². The van der Waals surface area contributed by atoms with E-state index in [1.54, 1.807) is 36.3 Å². The van der Waals surface area contributed by atoms with E-state index in [2.05, 4.69) is 9.97 Å². The zero-order chi connectivity index (χ0) is 17.3. The van der Waals surface area contributed by atoms with Crippen molar-refractivity contribution in [2.75, 3.05) is 6.61 Å². The quantitative estimate of drug-likeness (QED) is 0.562. The van der Waals surface area contributed by atoms with Crippen molar-refractivity contribution < 1.29 is 9.53 Å². The fraction of sp³-hybridized carbons (Fsp3) is 0.200. The van der Waals surface area contributed by atoms with E-state index in [0.29, 0.717) is 21.7 Å². The number of fused-ring (bicyclic) bond motifs is 1. The van der Waals surface area contributed by atoms with Crippen molar-refractivity contribution in [3.63, 3.8) is 0 Å². The first-order chi connectivity index (χ1) is 11.5. The summed E-state index contributed by atoms with van der Waals surface area (Å²) in [4.78, 5) is 42.2. The minimum atomic E-state index is -0.838. The van der Waals surface area contributed by atoms with Gasteiger partial charge in [-0.15, -0.1) is 0 Å². The van der Waals surface area contributed by atoms with Crippen molar-refractivity contribution in [3.05, 3.63) is 56.6 Å².